The van der Waals surface area contributed by atoms with Crippen molar-refractivity contribution in [3.05, 3.63) is 175 Å². The van der Waals surface area contributed by atoms with E-state index < -0.39 is 69.1 Å². The van der Waals surface area contributed by atoms with Crippen LogP contribution >= 0.6 is 62.1 Å². The lowest BCUT2D eigenvalue weighted by Gasteiger charge is -2.54. The summed E-state index contributed by atoms with van der Waals surface area (Å²) in [5.41, 5.74) is -0.989. The van der Waals surface area contributed by atoms with E-state index in [1.807, 2.05) is 91.0 Å². The molecule has 7 aromatic rings. The van der Waals surface area contributed by atoms with Crippen LogP contribution in [0.15, 0.2) is 151 Å². The molecule has 0 bridgehead atoms. The molecule has 2 N–H and O–H groups in total. The van der Waals surface area contributed by atoms with Crippen molar-refractivity contribution in [2.45, 2.75) is 80.5 Å². The average molecular weight is 1270 g/mol. The molecule has 2 unspecified atom stereocenters. The molecule has 3 atom stereocenters. The lowest BCUT2D eigenvalue weighted by Crippen LogP contribution is -2.74. The Bertz CT molecular complexity index is 3540. The molecular formula is C60H58BrN5O13S4. The number of thioether (sulfide) groups is 2. The summed E-state index contributed by atoms with van der Waals surface area (Å²) in [6.07, 6.45) is -2.21. The molecule has 4 heterocycles. The molecule has 2 aromatic heterocycles. The number of hydrogen-bond acceptors (Lipinski definition) is 20. The number of fused-ring (bicyclic) bond motifs is 2. The summed E-state index contributed by atoms with van der Waals surface area (Å²) in [5, 5.41) is 12.4. The summed E-state index contributed by atoms with van der Waals surface area (Å²) in [7, 11) is 2.87. The summed E-state index contributed by atoms with van der Waals surface area (Å²) in [6.45, 7) is 9.74. The number of esters is 1. The Morgan fingerprint density at radius 3 is 1.96 bits per heavy atom. The number of aromatic nitrogens is 1. The van der Waals surface area contributed by atoms with Crippen molar-refractivity contribution >= 4 is 113 Å². The zero-order chi connectivity index (χ0) is 59.3. The van der Waals surface area contributed by atoms with Crippen molar-refractivity contribution in [1.82, 2.24) is 15.2 Å². The Morgan fingerprint density at radius 1 is 0.807 bits per heavy atom. The molecule has 2 aliphatic rings. The van der Waals surface area contributed by atoms with Crippen LogP contribution in [0, 0.1) is 5.41 Å². The van der Waals surface area contributed by atoms with Gasteiger partial charge in [0.25, 0.3) is 5.91 Å². The maximum Gasteiger partial charge on any atom is 0.514 e. The van der Waals surface area contributed by atoms with Crippen LogP contribution in [-0.2, 0) is 45.6 Å². The minimum absolute atomic E-state index is 0.0417. The number of amides is 2. The highest BCUT2D eigenvalue weighted by Gasteiger charge is 2.58. The molecule has 0 spiro atoms. The average Bonchev–Trinajstić information content (AvgIpc) is 3.33. The molecule has 0 saturated carbocycles. The van der Waals surface area contributed by atoms with Crippen LogP contribution in [0.3, 0.4) is 0 Å². The molecule has 5 aromatic carbocycles. The molecule has 23 heteroatoms. The standard InChI is InChI=1S/C60H58BrN5O13S4/c1-57(2,3)78-55(71)76-43-28-40-42(67)29-44(83-49(40)45(61)48(43)77-56(72)79-58(4,5)6)81-33-59(53(70)75-30-35-24-26-39(73-7)27-25-35)32-66-51(69)47(52(66)82-34-59)63-50(68)46(65-74-8)41-31-80-54(62-41)64-60(36-18-12-9-13-19-36,37-20-14-10-15-21-37)38-22-16-11-17-23-38/h9-29,31,47,52H,30,32-34H2,1-8H3,(H,62,64)(H,63,68)/t47?,52-,59?/m1/s1. The number of β-lactam (4-membered cyclic amide) rings is 1. The lowest BCUT2D eigenvalue weighted by molar-refractivity contribution is -0.162. The number of halogens is 1. The minimum Gasteiger partial charge on any atom is -0.497 e. The van der Waals surface area contributed by atoms with Crippen LogP contribution in [0.25, 0.3) is 10.1 Å². The first-order valence-corrected chi connectivity index (χ1v) is 30.4. The first kappa shape index (κ1) is 60.2. The van der Waals surface area contributed by atoms with E-state index in [1.165, 1.54) is 59.0 Å². The van der Waals surface area contributed by atoms with Gasteiger partial charge >= 0.3 is 18.3 Å². The van der Waals surface area contributed by atoms with Crippen LogP contribution < -0.4 is 30.3 Å². The molecule has 2 saturated heterocycles. The van der Waals surface area contributed by atoms with Crippen molar-refractivity contribution in [1.29, 1.82) is 0 Å². The van der Waals surface area contributed by atoms with E-state index >= 15 is 0 Å². The smallest absolute Gasteiger partial charge is 0.497 e. The SMILES string of the molecule is CON=C(C(=O)NC1C(=O)N2CC(CSc3cc(=O)c4cc(OC(=O)OC(C)(C)C)c(OC(=O)OC(C)(C)C)c(Br)c4s3)(C(=O)OCc3ccc(OC)cc3)CS[C@H]12)c1csc(NC(c2ccccc2)(c2ccccc2)c2ccccc2)n1. The van der Waals surface area contributed by atoms with Crippen LogP contribution in [0.4, 0.5) is 14.7 Å². The molecule has 2 fully saturated rings. The zero-order valence-corrected chi connectivity index (χ0v) is 51.2. The number of rotatable bonds is 18. The Kier molecular flexibility index (Phi) is 18.3. The number of anilines is 1. The fourth-order valence-corrected chi connectivity index (χ4v) is 14.7. The van der Waals surface area contributed by atoms with Gasteiger partial charge in [-0.15, -0.1) is 46.2 Å². The minimum atomic E-state index is -1.33. The highest BCUT2D eigenvalue weighted by Crippen LogP contribution is 2.48. The van der Waals surface area contributed by atoms with Gasteiger partial charge in [-0.3, -0.25) is 19.2 Å². The number of thiazole rings is 1. The Morgan fingerprint density at radius 2 is 1.40 bits per heavy atom. The van der Waals surface area contributed by atoms with E-state index in [0.717, 1.165) is 28.0 Å². The van der Waals surface area contributed by atoms with Crippen molar-refractivity contribution < 1.29 is 57.2 Å². The molecule has 0 radical (unpaired) electrons. The highest BCUT2D eigenvalue weighted by molar-refractivity contribution is 9.10. The van der Waals surface area contributed by atoms with Crippen molar-refractivity contribution in [3.63, 3.8) is 0 Å². The molecular weight excluding hydrogens is 1210 g/mol. The maximum absolute atomic E-state index is 14.6. The van der Waals surface area contributed by atoms with Crippen molar-refractivity contribution in [2.75, 3.05) is 37.6 Å². The number of nitrogens with one attached hydrogen (secondary N) is 2. The van der Waals surface area contributed by atoms with E-state index in [1.54, 1.807) is 78.3 Å². The Labute approximate surface area is 503 Å². The van der Waals surface area contributed by atoms with E-state index in [-0.39, 0.29) is 57.4 Å². The van der Waals surface area contributed by atoms with Crippen molar-refractivity contribution in [2.24, 2.45) is 10.6 Å². The van der Waals surface area contributed by atoms with Crippen LogP contribution in [0.1, 0.15) is 69.5 Å². The number of carbonyl (C=O) groups is 5. The number of nitrogens with zero attached hydrogens (tertiary/aromatic N) is 3. The summed E-state index contributed by atoms with van der Waals surface area (Å²) in [5.74, 6) is -1.44. The first-order valence-electron chi connectivity index (χ1n) is 25.9. The maximum atomic E-state index is 14.6. The van der Waals surface area contributed by atoms with Gasteiger partial charge in [-0.25, -0.2) is 14.6 Å². The second-order valence-electron chi connectivity index (χ2n) is 21.2. The molecule has 18 nitrogen and oxygen atoms in total. The molecule has 0 aliphatic carbocycles. The molecule has 83 heavy (non-hydrogen) atoms. The fraction of sp³-hybridized carbons (Fsp3) is 0.300. The first-order chi connectivity index (χ1) is 39.6. The third-order valence-electron chi connectivity index (χ3n) is 13.0. The number of benzene rings is 5. The summed E-state index contributed by atoms with van der Waals surface area (Å²) in [4.78, 5) is 94.9. The lowest BCUT2D eigenvalue weighted by atomic mass is 9.77. The molecule has 2 amide bonds. The quantitative estimate of drug-likeness (QED) is 0.0119. The van der Waals surface area contributed by atoms with Crippen LogP contribution in [0.2, 0.25) is 0 Å². The number of oxime groups is 1. The van der Waals surface area contributed by atoms with E-state index in [2.05, 4.69) is 31.7 Å². The third-order valence-corrected chi connectivity index (χ3v) is 19.0. The summed E-state index contributed by atoms with van der Waals surface area (Å²) in [6, 6.07) is 38.7. The third kappa shape index (κ3) is 13.7. The number of carbonyl (C=O) groups excluding carboxylic acids is 5. The van der Waals surface area contributed by atoms with Gasteiger partial charge in [0, 0.05) is 34.9 Å². The summed E-state index contributed by atoms with van der Waals surface area (Å²) >= 11 is 8.43. The van der Waals surface area contributed by atoms with Gasteiger partial charge in [-0.2, -0.15) is 0 Å². The largest absolute Gasteiger partial charge is 0.514 e. The number of methoxy groups -OCH3 is 1. The normalized spacial score (nSPS) is 17.1. The highest BCUT2D eigenvalue weighted by atomic mass is 79.9. The van der Waals surface area contributed by atoms with Gasteiger partial charge in [0.2, 0.25) is 5.91 Å². The van der Waals surface area contributed by atoms with Gasteiger partial charge in [-0.1, -0.05) is 108 Å². The second kappa shape index (κ2) is 25.2. The van der Waals surface area contributed by atoms with E-state index in [0.29, 0.717) is 25.4 Å². The number of hydrogen-bond donors (Lipinski definition) is 2. The van der Waals surface area contributed by atoms with Gasteiger partial charge in [-0.05, 0) is 97.9 Å². The molecule has 2 aliphatic heterocycles. The Balaban J connectivity index is 0.960. The predicted molar refractivity (Wildman–Crippen MR) is 324 cm³/mol. The monoisotopic (exact) mass is 1260 g/mol. The number of ether oxygens (including phenoxy) is 6. The Hall–Kier alpha value is -7.44. The van der Waals surface area contributed by atoms with E-state index in [4.69, 9.17) is 38.2 Å². The van der Waals surface area contributed by atoms with Crippen LogP contribution in [0.5, 0.6) is 17.2 Å². The van der Waals surface area contributed by atoms with Crippen LogP contribution in [-0.4, -0.2) is 101 Å². The van der Waals surface area contributed by atoms with Gasteiger partial charge < -0.3 is 48.8 Å². The molecule has 432 valence electrons. The predicted octanol–water partition coefficient (Wildman–Crippen LogP) is 11.8. The van der Waals surface area contributed by atoms with E-state index in [9.17, 15) is 28.8 Å². The van der Waals surface area contributed by atoms with Crippen molar-refractivity contribution in [3.8, 4) is 17.2 Å². The topological polar surface area (TPSA) is 220 Å². The fourth-order valence-electron chi connectivity index (χ4n) is 9.16. The second-order valence-corrected chi connectivity index (χ2v) is 26.3. The van der Waals surface area contributed by atoms with Gasteiger partial charge in [0.15, 0.2) is 27.8 Å². The zero-order valence-electron chi connectivity index (χ0n) is 46.3. The van der Waals surface area contributed by atoms with Gasteiger partial charge in [0.1, 0.15) is 58.7 Å². The molecule has 9 rings (SSSR count). The van der Waals surface area contributed by atoms with Gasteiger partial charge in [0.05, 0.1) is 20.5 Å². The summed E-state index contributed by atoms with van der Waals surface area (Å²) < 4.78 is 34.1.